The van der Waals surface area contributed by atoms with Gasteiger partial charge in [0.15, 0.2) is 0 Å². The summed E-state index contributed by atoms with van der Waals surface area (Å²) in [5.41, 5.74) is -0.394. The molecule has 1 N–H and O–H groups in total. The lowest BCUT2D eigenvalue weighted by atomic mass is 10.2. The Bertz CT molecular complexity index is 631. The van der Waals surface area contributed by atoms with E-state index in [1.807, 2.05) is 6.07 Å². The minimum Gasteiger partial charge on any atom is -0.340 e. The van der Waals surface area contributed by atoms with Gasteiger partial charge in [-0.1, -0.05) is 6.07 Å². The Morgan fingerprint density at radius 1 is 1.16 bits per heavy atom. The number of halogens is 3. The van der Waals surface area contributed by atoms with Gasteiger partial charge in [0.1, 0.15) is 23.9 Å². The van der Waals surface area contributed by atoms with Crippen LogP contribution in [-0.2, 0) is 6.18 Å². The van der Waals surface area contributed by atoms with Crippen LogP contribution in [0.3, 0.4) is 0 Å². The van der Waals surface area contributed by atoms with Crippen LogP contribution in [0.1, 0.15) is 11.3 Å². The number of nitrogens with one attached hydrogen (secondary N) is 1. The van der Waals surface area contributed by atoms with Gasteiger partial charge in [-0.15, -0.1) is 0 Å². The largest absolute Gasteiger partial charge is 0.416 e. The molecular formula is C12H7F3N4. The molecule has 0 saturated carbocycles. The summed E-state index contributed by atoms with van der Waals surface area (Å²) in [5.74, 6) is 0.255. The molecule has 1 aromatic carbocycles. The maximum absolute atomic E-state index is 12.5. The van der Waals surface area contributed by atoms with Gasteiger partial charge in [-0.3, -0.25) is 0 Å². The lowest BCUT2D eigenvalue weighted by Crippen LogP contribution is -2.05. The zero-order valence-electron chi connectivity index (χ0n) is 9.44. The second kappa shape index (κ2) is 4.94. The van der Waals surface area contributed by atoms with Crippen molar-refractivity contribution in [3.05, 3.63) is 47.9 Å². The van der Waals surface area contributed by atoms with Crippen LogP contribution in [0, 0.1) is 11.3 Å². The second-order valence-electron chi connectivity index (χ2n) is 3.60. The van der Waals surface area contributed by atoms with Crippen molar-refractivity contribution in [2.45, 2.75) is 6.18 Å². The zero-order chi connectivity index (χ0) is 13.9. The monoisotopic (exact) mass is 264 g/mol. The average Bonchev–Trinajstić information content (AvgIpc) is 2.38. The summed E-state index contributed by atoms with van der Waals surface area (Å²) >= 11 is 0. The zero-order valence-corrected chi connectivity index (χ0v) is 9.44. The number of rotatable bonds is 2. The SMILES string of the molecule is N#Cc1cc(Nc2cccc(C(F)(F)F)c2)ncn1. The minimum absolute atomic E-state index is 0.129. The summed E-state index contributed by atoms with van der Waals surface area (Å²) in [7, 11) is 0. The number of anilines is 2. The highest BCUT2D eigenvalue weighted by Gasteiger charge is 2.30. The molecular weight excluding hydrogens is 257 g/mol. The van der Waals surface area contributed by atoms with Gasteiger partial charge in [-0.2, -0.15) is 18.4 Å². The van der Waals surface area contributed by atoms with E-state index in [-0.39, 0.29) is 17.2 Å². The van der Waals surface area contributed by atoms with Crippen LogP contribution in [0.2, 0.25) is 0 Å². The van der Waals surface area contributed by atoms with Crippen LogP contribution >= 0.6 is 0 Å². The molecule has 19 heavy (non-hydrogen) atoms. The molecule has 0 fully saturated rings. The Hall–Kier alpha value is -2.62. The third-order valence-corrected chi connectivity index (χ3v) is 2.24. The summed E-state index contributed by atoms with van der Waals surface area (Å²) in [6.45, 7) is 0. The van der Waals surface area contributed by atoms with Gasteiger partial charge in [0.05, 0.1) is 5.56 Å². The van der Waals surface area contributed by atoms with Gasteiger partial charge in [-0.25, -0.2) is 9.97 Å². The van der Waals surface area contributed by atoms with Crippen LogP contribution in [0.15, 0.2) is 36.7 Å². The number of nitriles is 1. The summed E-state index contributed by atoms with van der Waals surface area (Å²) < 4.78 is 37.6. The molecule has 2 aromatic rings. The molecule has 0 amide bonds. The van der Waals surface area contributed by atoms with Crippen molar-refractivity contribution in [3.63, 3.8) is 0 Å². The van der Waals surface area contributed by atoms with Crippen LogP contribution < -0.4 is 5.32 Å². The summed E-state index contributed by atoms with van der Waals surface area (Å²) in [4.78, 5) is 7.48. The molecule has 0 unspecified atom stereocenters. The van der Waals surface area contributed by atoms with Crippen LogP contribution in [0.25, 0.3) is 0 Å². The fourth-order valence-electron chi connectivity index (χ4n) is 1.41. The molecule has 4 nitrogen and oxygen atoms in total. The van der Waals surface area contributed by atoms with Gasteiger partial charge < -0.3 is 5.32 Å². The number of hydrogen-bond donors (Lipinski definition) is 1. The van der Waals surface area contributed by atoms with Crippen molar-refractivity contribution < 1.29 is 13.2 Å². The van der Waals surface area contributed by atoms with E-state index in [2.05, 4.69) is 15.3 Å². The number of aromatic nitrogens is 2. The first-order valence-electron chi connectivity index (χ1n) is 5.15. The van der Waals surface area contributed by atoms with Crippen molar-refractivity contribution >= 4 is 11.5 Å². The quantitative estimate of drug-likeness (QED) is 0.905. The molecule has 0 saturated heterocycles. The normalized spacial score (nSPS) is 10.8. The fourth-order valence-corrected chi connectivity index (χ4v) is 1.41. The highest BCUT2D eigenvalue weighted by molar-refractivity contribution is 5.57. The highest BCUT2D eigenvalue weighted by Crippen LogP contribution is 2.31. The third kappa shape index (κ3) is 3.19. The van der Waals surface area contributed by atoms with E-state index >= 15 is 0 Å². The van der Waals surface area contributed by atoms with E-state index in [9.17, 15) is 13.2 Å². The van der Waals surface area contributed by atoms with Crippen molar-refractivity contribution in [2.24, 2.45) is 0 Å². The Labute approximate surface area is 106 Å². The molecule has 1 heterocycles. The topological polar surface area (TPSA) is 61.6 Å². The lowest BCUT2D eigenvalue weighted by molar-refractivity contribution is -0.137. The summed E-state index contributed by atoms with van der Waals surface area (Å²) in [6, 6.07) is 7.87. The third-order valence-electron chi connectivity index (χ3n) is 2.24. The second-order valence-corrected chi connectivity index (χ2v) is 3.60. The molecule has 0 radical (unpaired) electrons. The van der Waals surface area contributed by atoms with Crippen LogP contribution in [-0.4, -0.2) is 9.97 Å². The molecule has 2 rings (SSSR count). The van der Waals surface area contributed by atoms with E-state index in [0.29, 0.717) is 0 Å². The van der Waals surface area contributed by atoms with Gasteiger partial charge in [0.2, 0.25) is 0 Å². The number of alkyl halides is 3. The Morgan fingerprint density at radius 3 is 2.63 bits per heavy atom. The molecule has 1 aromatic heterocycles. The Morgan fingerprint density at radius 2 is 1.95 bits per heavy atom. The van der Waals surface area contributed by atoms with Gasteiger partial charge in [0, 0.05) is 11.8 Å². The molecule has 0 aliphatic rings. The molecule has 0 bridgehead atoms. The standard InChI is InChI=1S/C12H7F3N4/c13-12(14,15)8-2-1-3-9(4-8)19-11-5-10(6-16)17-7-18-11/h1-5,7H,(H,17,18,19). The van der Waals surface area contributed by atoms with Crippen molar-refractivity contribution in [1.29, 1.82) is 5.26 Å². The first-order valence-corrected chi connectivity index (χ1v) is 5.15. The van der Waals surface area contributed by atoms with Crippen molar-refractivity contribution in [3.8, 4) is 6.07 Å². The molecule has 0 aliphatic carbocycles. The Balaban J connectivity index is 2.26. The maximum atomic E-state index is 12.5. The van der Waals surface area contributed by atoms with Gasteiger partial charge in [0.25, 0.3) is 0 Å². The highest BCUT2D eigenvalue weighted by atomic mass is 19.4. The number of benzene rings is 1. The van der Waals surface area contributed by atoms with Crippen LogP contribution in [0.4, 0.5) is 24.7 Å². The smallest absolute Gasteiger partial charge is 0.340 e. The van der Waals surface area contributed by atoms with E-state index < -0.39 is 11.7 Å². The first kappa shape index (κ1) is 12.8. The maximum Gasteiger partial charge on any atom is 0.416 e. The molecule has 96 valence electrons. The number of hydrogen-bond acceptors (Lipinski definition) is 4. The number of nitrogens with zero attached hydrogens (tertiary/aromatic N) is 3. The van der Waals surface area contributed by atoms with E-state index in [1.54, 1.807) is 0 Å². The average molecular weight is 264 g/mol. The lowest BCUT2D eigenvalue weighted by Gasteiger charge is -2.09. The van der Waals surface area contributed by atoms with Crippen LogP contribution in [0.5, 0.6) is 0 Å². The Kier molecular flexibility index (Phi) is 3.33. The molecule has 0 aliphatic heterocycles. The van der Waals surface area contributed by atoms with Gasteiger partial charge >= 0.3 is 6.18 Å². The fraction of sp³-hybridized carbons (Fsp3) is 0.0833. The molecule has 0 atom stereocenters. The minimum atomic E-state index is -4.40. The van der Waals surface area contributed by atoms with Gasteiger partial charge in [-0.05, 0) is 18.2 Å². The van der Waals surface area contributed by atoms with E-state index in [4.69, 9.17) is 5.26 Å². The predicted octanol–water partition coefficient (Wildman–Crippen LogP) is 3.11. The first-order chi connectivity index (χ1) is 8.99. The summed E-state index contributed by atoms with van der Waals surface area (Å²) in [5, 5.41) is 11.4. The van der Waals surface area contributed by atoms with E-state index in [1.165, 1.54) is 18.2 Å². The summed E-state index contributed by atoms with van der Waals surface area (Å²) in [6.07, 6.45) is -3.24. The predicted molar refractivity (Wildman–Crippen MR) is 61.5 cm³/mol. The molecule has 7 heteroatoms. The van der Waals surface area contributed by atoms with Crippen molar-refractivity contribution in [1.82, 2.24) is 9.97 Å². The molecule has 0 spiro atoms. The van der Waals surface area contributed by atoms with E-state index in [0.717, 1.165) is 18.5 Å². The van der Waals surface area contributed by atoms with Crippen molar-refractivity contribution in [2.75, 3.05) is 5.32 Å².